The maximum Gasteiger partial charge on any atom is 0.185 e. The zero-order valence-corrected chi connectivity index (χ0v) is 13.8. The highest BCUT2D eigenvalue weighted by molar-refractivity contribution is 7.22. The predicted molar refractivity (Wildman–Crippen MR) is 89.2 cm³/mol. The average molecular weight is 313 g/mol. The van der Waals surface area contributed by atoms with Gasteiger partial charge in [0.25, 0.3) is 0 Å². The van der Waals surface area contributed by atoms with Gasteiger partial charge >= 0.3 is 0 Å². The van der Waals surface area contributed by atoms with Crippen LogP contribution in [0.1, 0.15) is 35.8 Å². The minimum Gasteiger partial charge on any atom is -0.353 e. The summed E-state index contributed by atoms with van der Waals surface area (Å²) in [6.45, 7) is 4.15. The lowest BCUT2D eigenvalue weighted by molar-refractivity contribution is 0.657. The van der Waals surface area contributed by atoms with Gasteiger partial charge in [0.1, 0.15) is 0 Å². The van der Waals surface area contributed by atoms with Gasteiger partial charge in [-0.2, -0.15) is 5.10 Å². The number of anilines is 1. The molecule has 22 heavy (non-hydrogen) atoms. The number of aryl methyl sites for hydroxylation is 3. The minimum absolute atomic E-state index is 0.258. The van der Waals surface area contributed by atoms with Crippen molar-refractivity contribution in [2.75, 3.05) is 5.32 Å². The Morgan fingerprint density at radius 2 is 2.18 bits per heavy atom. The monoisotopic (exact) mass is 313 g/mol. The molecule has 0 amide bonds. The van der Waals surface area contributed by atoms with Crippen LogP contribution in [0.5, 0.6) is 0 Å². The molecule has 5 nitrogen and oxygen atoms in total. The van der Waals surface area contributed by atoms with E-state index >= 15 is 0 Å². The second-order valence-electron chi connectivity index (χ2n) is 6.10. The summed E-state index contributed by atoms with van der Waals surface area (Å²) >= 11 is 1.68. The highest BCUT2D eigenvalue weighted by Crippen LogP contribution is 2.43. The summed E-state index contributed by atoms with van der Waals surface area (Å²) < 4.78 is 3.01. The van der Waals surface area contributed by atoms with Crippen molar-refractivity contribution in [3.63, 3.8) is 0 Å². The van der Waals surface area contributed by atoms with E-state index in [1.54, 1.807) is 11.3 Å². The molecule has 1 fully saturated rings. The Morgan fingerprint density at radius 3 is 2.86 bits per heavy atom. The van der Waals surface area contributed by atoms with E-state index < -0.39 is 0 Å². The number of thiazole rings is 1. The molecule has 0 spiro atoms. The minimum atomic E-state index is 0.258. The quantitative estimate of drug-likeness (QED) is 0.799. The van der Waals surface area contributed by atoms with Gasteiger partial charge in [0, 0.05) is 13.2 Å². The van der Waals surface area contributed by atoms with Crippen molar-refractivity contribution in [1.29, 1.82) is 0 Å². The van der Waals surface area contributed by atoms with E-state index in [0.29, 0.717) is 5.92 Å². The van der Waals surface area contributed by atoms with Crippen molar-refractivity contribution in [3.8, 4) is 0 Å². The zero-order valence-electron chi connectivity index (χ0n) is 13.0. The lowest BCUT2D eigenvalue weighted by atomic mass is 10.1. The first-order valence-corrected chi connectivity index (χ1v) is 8.42. The van der Waals surface area contributed by atoms with Crippen molar-refractivity contribution in [3.05, 3.63) is 35.3 Å². The maximum atomic E-state index is 4.71. The number of rotatable bonds is 4. The first-order chi connectivity index (χ1) is 10.6. The van der Waals surface area contributed by atoms with Gasteiger partial charge in [-0.15, -0.1) is 0 Å². The molecule has 1 aliphatic rings. The number of aromatic nitrogens is 4. The Hall–Kier alpha value is -1.95. The van der Waals surface area contributed by atoms with Crippen LogP contribution in [0, 0.1) is 19.8 Å². The first-order valence-electron chi connectivity index (χ1n) is 7.61. The number of fused-ring (bicyclic) bond motifs is 1. The van der Waals surface area contributed by atoms with E-state index in [0.717, 1.165) is 26.9 Å². The van der Waals surface area contributed by atoms with Crippen LogP contribution in [-0.4, -0.2) is 19.7 Å². The molecule has 0 aliphatic heterocycles. The molecule has 0 radical (unpaired) electrons. The van der Waals surface area contributed by atoms with Crippen molar-refractivity contribution >= 4 is 26.8 Å². The van der Waals surface area contributed by atoms with Crippen LogP contribution in [-0.2, 0) is 7.05 Å². The van der Waals surface area contributed by atoms with Gasteiger partial charge in [-0.05, 0) is 50.3 Å². The molecule has 114 valence electrons. The zero-order chi connectivity index (χ0) is 15.3. The van der Waals surface area contributed by atoms with Crippen molar-refractivity contribution in [1.82, 2.24) is 19.7 Å². The third-order valence-electron chi connectivity index (χ3n) is 4.17. The van der Waals surface area contributed by atoms with Gasteiger partial charge in [0.15, 0.2) is 10.8 Å². The Bertz CT molecular complexity index is 796. The molecule has 1 aliphatic carbocycles. The molecule has 3 aromatic rings. The standard InChI is InChI=1S/C16H19N5S/c1-9-6-7-17-12(8-9)13(11-4-5-11)18-16-19-15-14(22-16)10(2)20-21(15)3/h6-8,11,13H,4-5H2,1-3H3,(H,18,19)/t13-/m0/s1. The fraction of sp³-hybridized carbons (Fsp3) is 0.438. The largest absolute Gasteiger partial charge is 0.353 e. The number of pyridine rings is 1. The van der Waals surface area contributed by atoms with Gasteiger partial charge in [0.05, 0.1) is 22.1 Å². The van der Waals surface area contributed by atoms with Crippen molar-refractivity contribution in [2.45, 2.75) is 32.7 Å². The molecule has 1 atom stereocenters. The van der Waals surface area contributed by atoms with E-state index in [-0.39, 0.29) is 6.04 Å². The summed E-state index contributed by atoms with van der Waals surface area (Å²) in [6, 6.07) is 4.48. The van der Waals surface area contributed by atoms with Crippen LogP contribution in [0.25, 0.3) is 10.3 Å². The summed E-state index contributed by atoms with van der Waals surface area (Å²) in [5.41, 5.74) is 4.37. The van der Waals surface area contributed by atoms with Crippen LogP contribution in [0.4, 0.5) is 5.13 Å². The molecule has 0 aromatic carbocycles. The fourth-order valence-electron chi connectivity index (χ4n) is 2.87. The van der Waals surface area contributed by atoms with E-state index in [2.05, 4.69) is 28.4 Å². The molecule has 1 saturated carbocycles. The lowest BCUT2D eigenvalue weighted by Gasteiger charge is -2.17. The van der Waals surface area contributed by atoms with Gasteiger partial charge in [-0.25, -0.2) is 9.67 Å². The van der Waals surface area contributed by atoms with Crippen molar-refractivity contribution in [2.24, 2.45) is 13.0 Å². The number of hydrogen-bond acceptors (Lipinski definition) is 5. The number of hydrogen-bond donors (Lipinski definition) is 1. The molecule has 1 N–H and O–H groups in total. The molecule has 3 aromatic heterocycles. The van der Waals surface area contributed by atoms with E-state index in [4.69, 9.17) is 4.98 Å². The van der Waals surface area contributed by atoms with Crippen LogP contribution in [0.15, 0.2) is 18.3 Å². The van der Waals surface area contributed by atoms with Crippen LogP contribution in [0.2, 0.25) is 0 Å². The molecule has 0 unspecified atom stereocenters. The van der Waals surface area contributed by atoms with Gasteiger partial charge in [-0.3, -0.25) is 4.98 Å². The Kier molecular flexibility index (Phi) is 3.14. The summed E-state index contributed by atoms with van der Waals surface area (Å²) in [7, 11) is 1.94. The topological polar surface area (TPSA) is 55.6 Å². The van der Waals surface area contributed by atoms with E-state index in [1.165, 1.54) is 18.4 Å². The van der Waals surface area contributed by atoms with E-state index in [9.17, 15) is 0 Å². The Labute approximate surface area is 133 Å². The summed E-state index contributed by atoms with van der Waals surface area (Å²) in [4.78, 5) is 9.28. The maximum absolute atomic E-state index is 4.71. The third-order valence-corrected chi connectivity index (χ3v) is 5.26. The lowest BCUT2D eigenvalue weighted by Crippen LogP contribution is -2.14. The third kappa shape index (κ3) is 2.37. The Morgan fingerprint density at radius 1 is 1.36 bits per heavy atom. The SMILES string of the molecule is Cc1ccnc([C@@H](Nc2nc3c(s2)c(C)nn3C)C2CC2)c1. The summed E-state index contributed by atoms with van der Waals surface area (Å²) in [5, 5.41) is 8.99. The van der Waals surface area contributed by atoms with Crippen molar-refractivity contribution < 1.29 is 0 Å². The molecule has 0 saturated heterocycles. The van der Waals surface area contributed by atoms with Gasteiger partial charge in [0.2, 0.25) is 0 Å². The highest BCUT2D eigenvalue weighted by Gasteiger charge is 2.34. The normalized spacial score (nSPS) is 16.1. The molecular formula is C16H19N5S. The highest BCUT2D eigenvalue weighted by atomic mass is 32.1. The van der Waals surface area contributed by atoms with Crippen LogP contribution in [0.3, 0.4) is 0 Å². The summed E-state index contributed by atoms with van der Waals surface area (Å²) in [5.74, 6) is 0.667. The predicted octanol–water partition coefficient (Wildman–Crippen LogP) is 3.60. The Balaban J connectivity index is 1.67. The van der Waals surface area contributed by atoms with Gasteiger partial charge < -0.3 is 5.32 Å². The van der Waals surface area contributed by atoms with Crippen LogP contribution < -0.4 is 5.32 Å². The summed E-state index contributed by atoms with van der Waals surface area (Å²) in [6.07, 6.45) is 4.42. The van der Waals surface area contributed by atoms with E-state index in [1.807, 2.05) is 30.9 Å². The fourth-order valence-corrected chi connectivity index (χ4v) is 3.84. The van der Waals surface area contributed by atoms with Crippen LogP contribution >= 0.6 is 11.3 Å². The van der Waals surface area contributed by atoms with Gasteiger partial charge in [-0.1, -0.05) is 11.3 Å². The molecular weight excluding hydrogens is 294 g/mol. The molecule has 6 heteroatoms. The average Bonchev–Trinajstić information content (AvgIpc) is 3.17. The molecule has 4 rings (SSSR count). The number of nitrogens with one attached hydrogen (secondary N) is 1. The molecule has 3 heterocycles. The second-order valence-corrected chi connectivity index (χ2v) is 7.10. The first kappa shape index (κ1) is 13.7. The molecule has 0 bridgehead atoms. The number of nitrogens with zero attached hydrogens (tertiary/aromatic N) is 4. The second kappa shape index (κ2) is 5.05. The smallest absolute Gasteiger partial charge is 0.185 e.